The van der Waals surface area contributed by atoms with Crippen molar-refractivity contribution in [1.82, 2.24) is 15.2 Å². The predicted molar refractivity (Wildman–Crippen MR) is 119 cm³/mol. The molecule has 7 heteroatoms. The number of ether oxygens (including phenoxy) is 2. The smallest absolute Gasteiger partial charge is 0.234 e. The first-order valence-electron chi connectivity index (χ1n) is 10.4. The first kappa shape index (κ1) is 21.1. The molecular weight excluding hydrogens is 394 g/mol. The molecule has 2 aromatic carbocycles. The second kappa shape index (κ2) is 9.32. The van der Waals surface area contributed by atoms with Crippen molar-refractivity contribution in [2.24, 2.45) is 0 Å². The Hall–Kier alpha value is -3.16. The van der Waals surface area contributed by atoms with E-state index in [1.54, 1.807) is 13.2 Å². The van der Waals surface area contributed by atoms with Gasteiger partial charge in [-0.05, 0) is 48.4 Å². The van der Waals surface area contributed by atoms with Gasteiger partial charge < -0.3 is 19.9 Å². The summed E-state index contributed by atoms with van der Waals surface area (Å²) in [6.07, 6.45) is -0.699. The first-order chi connectivity index (χ1) is 15.0. The van der Waals surface area contributed by atoms with Crippen molar-refractivity contribution < 1.29 is 19.4 Å². The van der Waals surface area contributed by atoms with Crippen molar-refractivity contribution in [2.75, 3.05) is 39.9 Å². The third kappa shape index (κ3) is 5.31. The fourth-order valence-corrected chi connectivity index (χ4v) is 3.74. The van der Waals surface area contributed by atoms with Crippen molar-refractivity contribution in [3.8, 4) is 22.6 Å². The van der Waals surface area contributed by atoms with Gasteiger partial charge in [0.05, 0.1) is 19.2 Å². The zero-order chi connectivity index (χ0) is 21.8. The molecule has 1 aromatic heterocycles. The summed E-state index contributed by atoms with van der Waals surface area (Å²) in [5.74, 6) is 1.28. The van der Waals surface area contributed by atoms with Crippen LogP contribution in [0, 0.1) is 6.92 Å². The van der Waals surface area contributed by atoms with Crippen molar-refractivity contribution >= 4 is 16.8 Å². The van der Waals surface area contributed by atoms with Crippen LogP contribution in [0.2, 0.25) is 0 Å². The molecule has 1 amide bonds. The molecule has 3 aromatic rings. The van der Waals surface area contributed by atoms with E-state index in [4.69, 9.17) is 9.47 Å². The summed E-state index contributed by atoms with van der Waals surface area (Å²) < 4.78 is 11.3. The molecule has 162 valence electrons. The second-order valence-electron chi connectivity index (χ2n) is 7.81. The molecule has 0 bridgehead atoms. The molecular formula is C24H27N3O4. The number of aromatic nitrogens is 1. The molecule has 2 N–H and O–H groups in total. The SMILES string of the molecule is COc1cc(OCC(O)CN2CCNC(=O)C2)cc(-c2ccc3nc(C)ccc3c2)c1. The number of β-amino-alcohol motifs (C(OH)–C–C–N with tert-alkyl or cyclic N) is 1. The molecule has 0 aliphatic carbocycles. The quantitative estimate of drug-likeness (QED) is 0.610. The van der Waals surface area contributed by atoms with Gasteiger partial charge in [-0.2, -0.15) is 0 Å². The van der Waals surface area contributed by atoms with Crippen molar-refractivity contribution in [3.05, 3.63) is 54.2 Å². The summed E-state index contributed by atoms with van der Waals surface area (Å²) in [6, 6.07) is 15.9. The minimum Gasteiger partial charge on any atom is -0.497 e. The summed E-state index contributed by atoms with van der Waals surface area (Å²) in [5.41, 5.74) is 3.93. The van der Waals surface area contributed by atoms with Gasteiger partial charge in [0.2, 0.25) is 5.91 Å². The minimum absolute atomic E-state index is 0.0162. The Bertz CT molecular complexity index is 1090. The molecule has 7 nitrogen and oxygen atoms in total. The van der Waals surface area contributed by atoms with E-state index in [1.165, 1.54) is 0 Å². The number of methoxy groups -OCH3 is 1. The number of nitrogens with one attached hydrogen (secondary N) is 1. The van der Waals surface area contributed by atoms with Gasteiger partial charge in [0.25, 0.3) is 0 Å². The van der Waals surface area contributed by atoms with Gasteiger partial charge in [-0.25, -0.2) is 0 Å². The van der Waals surface area contributed by atoms with Gasteiger partial charge in [-0.15, -0.1) is 0 Å². The molecule has 4 rings (SSSR count). The van der Waals surface area contributed by atoms with E-state index < -0.39 is 6.10 Å². The lowest BCUT2D eigenvalue weighted by molar-refractivity contribution is -0.124. The van der Waals surface area contributed by atoms with E-state index >= 15 is 0 Å². The van der Waals surface area contributed by atoms with Gasteiger partial charge in [0.15, 0.2) is 0 Å². The lowest BCUT2D eigenvalue weighted by Gasteiger charge is -2.28. The Balaban J connectivity index is 1.48. The van der Waals surface area contributed by atoms with Crippen LogP contribution in [-0.2, 0) is 4.79 Å². The maximum absolute atomic E-state index is 11.5. The summed E-state index contributed by atoms with van der Waals surface area (Å²) in [7, 11) is 1.62. The summed E-state index contributed by atoms with van der Waals surface area (Å²) >= 11 is 0. The highest BCUT2D eigenvalue weighted by Gasteiger charge is 2.19. The first-order valence-corrected chi connectivity index (χ1v) is 10.4. The average molecular weight is 421 g/mol. The lowest BCUT2D eigenvalue weighted by atomic mass is 10.0. The number of aliphatic hydroxyl groups is 1. The van der Waals surface area contributed by atoms with Gasteiger partial charge in [0.1, 0.15) is 24.2 Å². The average Bonchev–Trinajstić information content (AvgIpc) is 2.77. The number of carbonyl (C=O) groups excluding carboxylic acids is 1. The monoisotopic (exact) mass is 421 g/mol. The molecule has 0 saturated carbocycles. The number of aliphatic hydroxyl groups excluding tert-OH is 1. The Morgan fingerprint density at radius 1 is 1.13 bits per heavy atom. The fraction of sp³-hybridized carbons (Fsp3) is 0.333. The highest BCUT2D eigenvalue weighted by Crippen LogP contribution is 2.31. The number of amides is 1. The third-order valence-corrected chi connectivity index (χ3v) is 5.31. The molecule has 0 radical (unpaired) electrons. The number of hydrogen-bond donors (Lipinski definition) is 2. The zero-order valence-corrected chi connectivity index (χ0v) is 17.8. The minimum atomic E-state index is -0.699. The Morgan fingerprint density at radius 3 is 2.77 bits per heavy atom. The predicted octanol–water partition coefficient (Wildman–Crippen LogP) is 2.39. The second-order valence-corrected chi connectivity index (χ2v) is 7.81. The number of carbonyl (C=O) groups is 1. The van der Waals surface area contributed by atoms with Crippen LogP contribution in [0.5, 0.6) is 11.5 Å². The summed E-state index contributed by atoms with van der Waals surface area (Å²) in [6.45, 7) is 4.13. The standard InChI is InChI=1S/C24H27N3O4/c1-16-3-4-18-9-17(5-6-23(18)26-16)19-10-21(30-2)12-22(11-19)31-15-20(28)13-27-8-7-25-24(29)14-27/h3-6,9-12,20,28H,7-8,13-15H2,1-2H3,(H,25,29). The number of fused-ring (bicyclic) bond motifs is 1. The number of nitrogens with zero attached hydrogens (tertiary/aromatic N) is 2. The maximum Gasteiger partial charge on any atom is 0.234 e. The number of piperazine rings is 1. The topological polar surface area (TPSA) is 83.9 Å². The maximum atomic E-state index is 11.5. The molecule has 1 atom stereocenters. The zero-order valence-electron chi connectivity index (χ0n) is 17.8. The van der Waals surface area contributed by atoms with Crippen LogP contribution in [0.1, 0.15) is 5.69 Å². The van der Waals surface area contributed by atoms with Crippen LogP contribution in [0.15, 0.2) is 48.5 Å². The van der Waals surface area contributed by atoms with Crippen LogP contribution in [0.3, 0.4) is 0 Å². The molecule has 1 unspecified atom stereocenters. The number of pyridine rings is 1. The summed E-state index contributed by atoms with van der Waals surface area (Å²) in [4.78, 5) is 18.0. The Labute approximate surface area is 181 Å². The fourth-order valence-electron chi connectivity index (χ4n) is 3.74. The molecule has 0 spiro atoms. The van der Waals surface area contributed by atoms with E-state index in [0.29, 0.717) is 31.1 Å². The van der Waals surface area contributed by atoms with Crippen LogP contribution in [0.4, 0.5) is 0 Å². The normalized spacial score (nSPS) is 15.5. The van der Waals surface area contributed by atoms with Crippen LogP contribution >= 0.6 is 0 Å². The molecule has 1 aliphatic rings. The van der Waals surface area contributed by atoms with Gasteiger partial charge in [-0.3, -0.25) is 14.7 Å². The molecule has 31 heavy (non-hydrogen) atoms. The van der Waals surface area contributed by atoms with Crippen LogP contribution in [0.25, 0.3) is 22.0 Å². The number of aryl methyl sites for hydroxylation is 1. The molecule has 2 heterocycles. The highest BCUT2D eigenvalue weighted by atomic mass is 16.5. The van der Waals surface area contributed by atoms with E-state index in [-0.39, 0.29) is 12.5 Å². The van der Waals surface area contributed by atoms with E-state index in [9.17, 15) is 9.90 Å². The van der Waals surface area contributed by atoms with Crippen LogP contribution in [-0.4, -0.2) is 66.9 Å². The molecule has 1 fully saturated rings. The van der Waals surface area contributed by atoms with E-state index in [2.05, 4.69) is 22.4 Å². The number of hydrogen-bond acceptors (Lipinski definition) is 6. The Morgan fingerprint density at radius 2 is 1.97 bits per heavy atom. The van der Waals surface area contributed by atoms with Gasteiger partial charge in [0, 0.05) is 36.8 Å². The molecule has 1 saturated heterocycles. The van der Waals surface area contributed by atoms with Crippen LogP contribution < -0.4 is 14.8 Å². The van der Waals surface area contributed by atoms with Gasteiger partial charge in [-0.1, -0.05) is 12.1 Å². The summed E-state index contributed by atoms with van der Waals surface area (Å²) in [5, 5.41) is 14.2. The van der Waals surface area contributed by atoms with Crippen molar-refractivity contribution in [2.45, 2.75) is 13.0 Å². The number of benzene rings is 2. The third-order valence-electron chi connectivity index (χ3n) is 5.31. The lowest BCUT2D eigenvalue weighted by Crippen LogP contribution is -2.50. The van der Waals surface area contributed by atoms with E-state index in [0.717, 1.165) is 34.3 Å². The Kier molecular flexibility index (Phi) is 6.34. The largest absolute Gasteiger partial charge is 0.497 e. The van der Waals surface area contributed by atoms with Gasteiger partial charge >= 0.3 is 0 Å². The molecule has 1 aliphatic heterocycles. The number of rotatable bonds is 7. The van der Waals surface area contributed by atoms with Crippen molar-refractivity contribution in [1.29, 1.82) is 0 Å². The van der Waals surface area contributed by atoms with Crippen molar-refractivity contribution in [3.63, 3.8) is 0 Å². The highest BCUT2D eigenvalue weighted by molar-refractivity contribution is 5.85. The van der Waals surface area contributed by atoms with E-state index in [1.807, 2.05) is 42.2 Å².